The minimum atomic E-state index is -0.311. The average Bonchev–Trinajstić information content (AvgIpc) is 3.26. The Morgan fingerprint density at radius 3 is 2.50 bits per heavy atom. The second kappa shape index (κ2) is 9.92. The summed E-state index contributed by atoms with van der Waals surface area (Å²) >= 11 is 0. The van der Waals surface area contributed by atoms with E-state index in [0.717, 1.165) is 34.0 Å². The normalized spacial score (nSPS) is 10.7. The third-order valence-corrected chi connectivity index (χ3v) is 5.13. The van der Waals surface area contributed by atoms with Crippen LogP contribution >= 0.6 is 0 Å². The molecule has 6 heteroatoms. The van der Waals surface area contributed by atoms with Crippen molar-refractivity contribution in [1.29, 1.82) is 0 Å². The molecule has 0 unspecified atom stereocenters. The van der Waals surface area contributed by atoms with Crippen LogP contribution < -0.4 is 10.1 Å². The zero-order valence-electron chi connectivity index (χ0n) is 17.8. The van der Waals surface area contributed by atoms with Crippen LogP contribution in [-0.4, -0.2) is 22.8 Å². The monoisotopic (exact) mass is 429 g/mol. The van der Waals surface area contributed by atoms with Gasteiger partial charge in [-0.15, -0.1) is 0 Å². The number of hydrogen-bond donors (Lipinski definition) is 1. The largest absolute Gasteiger partial charge is 0.497 e. The highest BCUT2D eigenvalue weighted by Gasteiger charge is 2.13. The molecule has 0 bridgehead atoms. The van der Waals surface area contributed by atoms with Gasteiger partial charge in [-0.1, -0.05) is 42.5 Å². The molecule has 5 nitrogen and oxygen atoms in total. The molecule has 0 saturated heterocycles. The molecule has 0 aliphatic heterocycles. The summed E-state index contributed by atoms with van der Waals surface area (Å²) in [7, 11) is 1.63. The van der Waals surface area contributed by atoms with Gasteiger partial charge in [0.1, 0.15) is 11.6 Å². The molecule has 1 aromatic heterocycles. The van der Waals surface area contributed by atoms with E-state index in [1.165, 1.54) is 12.1 Å². The van der Waals surface area contributed by atoms with Gasteiger partial charge in [0.05, 0.1) is 24.2 Å². The molecule has 32 heavy (non-hydrogen) atoms. The number of nitrogens with one attached hydrogen (secondary N) is 1. The highest BCUT2D eigenvalue weighted by molar-refractivity contribution is 5.76. The smallest absolute Gasteiger partial charge is 0.220 e. The van der Waals surface area contributed by atoms with Crippen molar-refractivity contribution in [3.05, 3.63) is 102 Å². The third-order valence-electron chi connectivity index (χ3n) is 5.13. The molecule has 3 aromatic carbocycles. The summed E-state index contributed by atoms with van der Waals surface area (Å²) in [6.45, 7) is 0.298. The van der Waals surface area contributed by atoms with Crippen LogP contribution in [0.2, 0.25) is 0 Å². The summed E-state index contributed by atoms with van der Waals surface area (Å²) < 4.78 is 20.4. The van der Waals surface area contributed by atoms with Gasteiger partial charge in [0, 0.05) is 24.9 Å². The van der Waals surface area contributed by atoms with Crippen LogP contribution in [0.5, 0.6) is 5.75 Å². The number of hydrogen-bond acceptors (Lipinski definition) is 3. The maximum Gasteiger partial charge on any atom is 0.220 e. The van der Waals surface area contributed by atoms with Crippen molar-refractivity contribution in [2.24, 2.45) is 0 Å². The molecule has 0 fully saturated rings. The summed E-state index contributed by atoms with van der Waals surface area (Å²) in [6, 6.07) is 25.9. The van der Waals surface area contributed by atoms with Crippen molar-refractivity contribution < 1.29 is 13.9 Å². The Labute approximate surface area is 186 Å². The van der Waals surface area contributed by atoms with Gasteiger partial charge in [0.15, 0.2) is 0 Å². The fourth-order valence-electron chi connectivity index (χ4n) is 3.46. The molecule has 0 aliphatic carbocycles. The summed E-state index contributed by atoms with van der Waals surface area (Å²) in [5, 5.41) is 7.60. The van der Waals surface area contributed by atoms with Gasteiger partial charge in [0.2, 0.25) is 5.91 Å². The van der Waals surface area contributed by atoms with Crippen molar-refractivity contribution in [3.8, 4) is 22.7 Å². The number of nitrogens with zero attached hydrogens (tertiary/aromatic N) is 2. The van der Waals surface area contributed by atoms with Crippen LogP contribution in [0.4, 0.5) is 4.39 Å². The van der Waals surface area contributed by atoms with Crippen molar-refractivity contribution in [1.82, 2.24) is 15.1 Å². The van der Waals surface area contributed by atoms with Gasteiger partial charge in [0.25, 0.3) is 0 Å². The van der Waals surface area contributed by atoms with E-state index in [0.29, 0.717) is 19.4 Å². The average molecular weight is 429 g/mol. The molecule has 0 spiro atoms. The summed E-state index contributed by atoms with van der Waals surface area (Å²) in [6.07, 6.45) is 0.793. The van der Waals surface area contributed by atoms with Gasteiger partial charge in [-0.3, -0.25) is 4.79 Å². The van der Waals surface area contributed by atoms with Gasteiger partial charge in [-0.2, -0.15) is 5.10 Å². The van der Waals surface area contributed by atoms with Crippen LogP contribution in [0.25, 0.3) is 16.9 Å². The molecule has 0 radical (unpaired) electrons. The summed E-state index contributed by atoms with van der Waals surface area (Å²) in [4.78, 5) is 12.3. The lowest BCUT2D eigenvalue weighted by molar-refractivity contribution is -0.121. The Bertz CT molecular complexity index is 1190. The van der Waals surface area contributed by atoms with E-state index in [4.69, 9.17) is 9.84 Å². The molecule has 0 aliphatic rings. The maximum atomic E-state index is 13.3. The molecular formula is C26H24FN3O2. The van der Waals surface area contributed by atoms with Gasteiger partial charge < -0.3 is 10.1 Å². The lowest BCUT2D eigenvalue weighted by atomic mass is 10.1. The topological polar surface area (TPSA) is 56.2 Å². The molecule has 0 atom stereocenters. The Morgan fingerprint density at radius 2 is 1.78 bits per heavy atom. The summed E-state index contributed by atoms with van der Waals surface area (Å²) in [5.74, 6) is 0.362. The van der Waals surface area contributed by atoms with Crippen molar-refractivity contribution in [2.45, 2.75) is 19.4 Å². The standard InChI is InChI=1S/C26H24FN3O2/c1-32-24-13-11-23(12-14-24)30-25(20-7-3-2-4-8-20)17-22(29-30)10-15-26(31)28-18-19-6-5-9-21(27)16-19/h2-9,11-14,16-17H,10,15,18H2,1H3,(H,28,31). The number of methoxy groups -OCH3 is 1. The number of benzene rings is 3. The zero-order valence-corrected chi connectivity index (χ0v) is 17.8. The van der Waals surface area contributed by atoms with Crippen LogP contribution in [-0.2, 0) is 17.8 Å². The van der Waals surface area contributed by atoms with Gasteiger partial charge in [-0.05, 0) is 48.0 Å². The van der Waals surface area contributed by atoms with E-state index in [-0.39, 0.29) is 11.7 Å². The third kappa shape index (κ3) is 5.21. The van der Waals surface area contributed by atoms with Crippen LogP contribution in [0, 0.1) is 5.82 Å². The zero-order chi connectivity index (χ0) is 22.3. The fourth-order valence-corrected chi connectivity index (χ4v) is 3.46. The van der Waals surface area contributed by atoms with Crippen molar-refractivity contribution >= 4 is 5.91 Å². The molecule has 162 valence electrons. The molecule has 4 rings (SSSR count). The first kappa shape index (κ1) is 21.3. The first-order chi connectivity index (χ1) is 15.6. The number of carbonyl (C=O) groups is 1. The maximum absolute atomic E-state index is 13.3. The molecule has 0 saturated carbocycles. The van der Waals surface area contributed by atoms with Crippen LogP contribution in [0.15, 0.2) is 84.9 Å². The number of aryl methyl sites for hydroxylation is 1. The minimum Gasteiger partial charge on any atom is -0.497 e. The Morgan fingerprint density at radius 1 is 1.00 bits per heavy atom. The second-order valence-corrected chi connectivity index (χ2v) is 7.40. The number of amides is 1. The lowest BCUT2D eigenvalue weighted by Gasteiger charge is -2.08. The van der Waals surface area contributed by atoms with Crippen LogP contribution in [0.1, 0.15) is 17.7 Å². The lowest BCUT2D eigenvalue weighted by Crippen LogP contribution is -2.23. The first-order valence-electron chi connectivity index (χ1n) is 10.4. The molecular weight excluding hydrogens is 405 g/mol. The number of rotatable bonds is 8. The Kier molecular flexibility index (Phi) is 6.60. The van der Waals surface area contributed by atoms with Gasteiger partial charge in [-0.25, -0.2) is 9.07 Å². The number of halogens is 1. The highest BCUT2D eigenvalue weighted by Crippen LogP contribution is 2.25. The number of ether oxygens (including phenoxy) is 1. The first-order valence-corrected chi connectivity index (χ1v) is 10.4. The van der Waals surface area contributed by atoms with Crippen molar-refractivity contribution in [2.75, 3.05) is 7.11 Å². The van der Waals surface area contributed by atoms with Gasteiger partial charge >= 0.3 is 0 Å². The SMILES string of the molecule is COc1ccc(-n2nc(CCC(=O)NCc3cccc(F)c3)cc2-c2ccccc2)cc1. The van der Waals surface area contributed by atoms with Crippen LogP contribution in [0.3, 0.4) is 0 Å². The summed E-state index contributed by atoms with van der Waals surface area (Å²) in [5.41, 5.74) is 4.45. The predicted octanol–water partition coefficient (Wildman–Crippen LogP) is 4.94. The molecule has 1 amide bonds. The quantitative estimate of drug-likeness (QED) is 0.432. The molecule has 4 aromatic rings. The van der Waals surface area contributed by atoms with E-state index in [2.05, 4.69) is 5.32 Å². The predicted molar refractivity (Wildman–Crippen MR) is 122 cm³/mol. The van der Waals surface area contributed by atoms with E-state index in [1.807, 2.05) is 65.3 Å². The van der Waals surface area contributed by atoms with E-state index in [1.54, 1.807) is 19.2 Å². The second-order valence-electron chi connectivity index (χ2n) is 7.40. The van der Waals surface area contributed by atoms with E-state index >= 15 is 0 Å². The Hall–Kier alpha value is -3.93. The van der Waals surface area contributed by atoms with E-state index in [9.17, 15) is 9.18 Å². The highest BCUT2D eigenvalue weighted by atomic mass is 19.1. The minimum absolute atomic E-state index is 0.102. The fraction of sp³-hybridized carbons (Fsp3) is 0.154. The number of carbonyl (C=O) groups excluding carboxylic acids is 1. The number of aromatic nitrogens is 2. The Balaban J connectivity index is 1.48. The van der Waals surface area contributed by atoms with Crippen molar-refractivity contribution in [3.63, 3.8) is 0 Å². The molecule has 1 heterocycles. The van der Waals surface area contributed by atoms with E-state index < -0.39 is 0 Å². The molecule has 1 N–H and O–H groups in total.